The van der Waals surface area contributed by atoms with Crippen LogP contribution in [0.2, 0.25) is 5.02 Å². The van der Waals surface area contributed by atoms with Crippen molar-refractivity contribution < 1.29 is 19.1 Å². The van der Waals surface area contributed by atoms with Gasteiger partial charge in [0.25, 0.3) is 5.91 Å². The molecule has 0 atom stereocenters. The van der Waals surface area contributed by atoms with E-state index in [2.05, 4.69) is 42.7 Å². The Morgan fingerprint density at radius 3 is 2.44 bits per heavy atom. The Labute approximate surface area is 242 Å². The third-order valence-corrected chi connectivity index (χ3v) is 6.75. The number of ether oxygens (including phenoxy) is 1. The zero-order valence-corrected chi connectivity index (χ0v) is 23.7. The van der Waals surface area contributed by atoms with E-state index < -0.39 is 0 Å². The van der Waals surface area contributed by atoms with Gasteiger partial charge in [-0.1, -0.05) is 30.3 Å². The summed E-state index contributed by atoms with van der Waals surface area (Å²) in [7, 11) is 3.08. The van der Waals surface area contributed by atoms with Crippen LogP contribution in [0.1, 0.15) is 17.3 Å². The largest absolute Gasteiger partial charge is 0.494 e. The van der Waals surface area contributed by atoms with Crippen molar-refractivity contribution in [3.05, 3.63) is 65.8 Å². The van der Waals surface area contributed by atoms with E-state index in [1.165, 1.54) is 19.4 Å². The van der Waals surface area contributed by atoms with Gasteiger partial charge in [0, 0.05) is 46.2 Å². The molecule has 1 aliphatic rings. The number of carbonyl (C=O) groups is 3. The highest BCUT2D eigenvalue weighted by molar-refractivity contribution is 6.33. The monoisotopic (exact) mass is 578 g/mol. The van der Waals surface area contributed by atoms with Gasteiger partial charge in [0.15, 0.2) is 5.82 Å². The van der Waals surface area contributed by atoms with Gasteiger partial charge in [0.2, 0.25) is 17.8 Å². The molecule has 1 aliphatic heterocycles. The van der Waals surface area contributed by atoms with E-state index in [9.17, 15) is 14.4 Å². The van der Waals surface area contributed by atoms with Gasteiger partial charge in [-0.3, -0.25) is 14.4 Å². The highest BCUT2D eigenvalue weighted by atomic mass is 35.5. The van der Waals surface area contributed by atoms with Gasteiger partial charge < -0.3 is 35.8 Å². The number of anilines is 6. The molecule has 4 N–H and O–H groups in total. The summed E-state index contributed by atoms with van der Waals surface area (Å²) in [5, 5.41) is 11.9. The predicted octanol–water partition coefficient (Wildman–Crippen LogP) is 3.78. The second-order valence-electron chi connectivity index (χ2n) is 9.02. The summed E-state index contributed by atoms with van der Waals surface area (Å²) in [6.07, 6.45) is 2.61. The van der Waals surface area contributed by atoms with Crippen molar-refractivity contribution in [3.8, 4) is 5.75 Å². The number of halogens is 1. The molecular formula is C28H31ClN8O4. The number of nitrogens with one attached hydrogen (secondary N) is 4. The van der Waals surface area contributed by atoms with Crippen LogP contribution in [0.25, 0.3) is 0 Å². The highest BCUT2D eigenvalue weighted by Gasteiger charge is 2.23. The van der Waals surface area contributed by atoms with Gasteiger partial charge in [-0.25, -0.2) is 4.98 Å². The van der Waals surface area contributed by atoms with Crippen LogP contribution in [-0.4, -0.2) is 72.9 Å². The second-order valence-corrected chi connectivity index (χ2v) is 9.43. The Morgan fingerprint density at radius 1 is 1.05 bits per heavy atom. The molecule has 0 unspecified atom stereocenters. The fourth-order valence-electron chi connectivity index (χ4n) is 4.33. The van der Waals surface area contributed by atoms with E-state index in [4.69, 9.17) is 16.3 Å². The number of amides is 3. The smallest absolute Gasteiger partial charge is 0.253 e. The average Bonchev–Trinajstić information content (AvgIpc) is 2.98. The first-order valence-corrected chi connectivity index (χ1v) is 13.2. The zero-order valence-electron chi connectivity index (χ0n) is 23.0. The molecular weight excluding hydrogens is 548 g/mol. The van der Waals surface area contributed by atoms with Gasteiger partial charge in [0.1, 0.15) is 10.8 Å². The van der Waals surface area contributed by atoms with Crippen LogP contribution in [0.3, 0.4) is 0 Å². The molecule has 41 heavy (non-hydrogen) atoms. The van der Waals surface area contributed by atoms with Crippen LogP contribution in [0.15, 0.2) is 55.3 Å². The van der Waals surface area contributed by atoms with Crippen molar-refractivity contribution >= 4 is 63.8 Å². The Morgan fingerprint density at radius 2 is 1.78 bits per heavy atom. The minimum atomic E-state index is -0.381. The van der Waals surface area contributed by atoms with Gasteiger partial charge in [-0.15, -0.1) is 0 Å². The van der Waals surface area contributed by atoms with Crippen molar-refractivity contribution in [2.45, 2.75) is 6.92 Å². The molecule has 1 fully saturated rings. The summed E-state index contributed by atoms with van der Waals surface area (Å²) in [6, 6.07) is 10.5. The molecule has 4 rings (SSSR count). The lowest BCUT2D eigenvalue weighted by Gasteiger charge is -2.36. The molecule has 1 saturated heterocycles. The molecule has 1 aromatic heterocycles. The molecule has 12 nitrogen and oxygen atoms in total. The first kappa shape index (κ1) is 29.2. The molecule has 0 spiro atoms. The summed E-state index contributed by atoms with van der Waals surface area (Å²) >= 11 is 6.38. The minimum Gasteiger partial charge on any atom is -0.494 e. The van der Waals surface area contributed by atoms with Gasteiger partial charge in [0.05, 0.1) is 41.6 Å². The van der Waals surface area contributed by atoms with Gasteiger partial charge in [-0.2, -0.15) is 4.98 Å². The van der Waals surface area contributed by atoms with Crippen molar-refractivity contribution in [2.24, 2.45) is 0 Å². The SMILES string of the molecule is C=CC(=O)Nc1cc(Nc2ncc(Cl)c(Nc3ccccc3C(=O)NC)n2)c(OC)cc1N1CCN(C(C)=O)CC1. The maximum absolute atomic E-state index is 12.3. The molecule has 0 bridgehead atoms. The Hall–Kier alpha value is -4.84. The van der Waals surface area contributed by atoms with Crippen molar-refractivity contribution in [2.75, 3.05) is 61.2 Å². The van der Waals surface area contributed by atoms with Crippen molar-refractivity contribution in [3.63, 3.8) is 0 Å². The lowest BCUT2D eigenvalue weighted by molar-refractivity contribution is -0.129. The molecule has 2 aromatic carbocycles. The number of hydrogen-bond acceptors (Lipinski definition) is 9. The van der Waals surface area contributed by atoms with E-state index in [0.717, 1.165) is 5.69 Å². The summed E-state index contributed by atoms with van der Waals surface area (Å²) in [6.45, 7) is 7.39. The predicted molar refractivity (Wildman–Crippen MR) is 160 cm³/mol. The second kappa shape index (κ2) is 13.0. The third kappa shape index (κ3) is 6.84. The number of aromatic nitrogens is 2. The van der Waals surface area contributed by atoms with E-state index in [1.807, 2.05) is 0 Å². The Bertz CT molecular complexity index is 1470. The fourth-order valence-corrected chi connectivity index (χ4v) is 4.47. The number of benzene rings is 2. The van der Waals surface area contributed by atoms with Crippen LogP contribution in [0.5, 0.6) is 5.75 Å². The van der Waals surface area contributed by atoms with E-state index >= 15 is 0 Å². The first-order valence-electron chi connectivity index (χ1n) is 12.8. The Kier molecular flexibility index (Phi) is 9.25. The van der Waals surface area contributed by atoms with Crippen LogP contribution in [-0.2, 0) is 9.59 Å². The lowest BCUT2D eigenvalue weighted by atomic mass is 10.1. The summed E-state index contributed by atoms with van der Waals surface area (Å²) in [4.78, 5) is 49.1. The summed E-state index contributed by atoms with van der Waals surface area (Å²) in [5.74, 6) is 0.322. The summed E-state index contributed by atoms with van der Waals surface area (Å²) in [5.41, 5.74) is 2.66. The Balaban J connectivity index is 1.66. The van der Waals surface area contributed by atoms with E-state index in [1.54, 1.807) is 55.3 Å². The molecule has 214 valence electrons. The number of nitrogens with zero attached hydrogens (tertiary/aromatic N) is 4. The molecule has 13 heteroatoms. The van der Waals surface area contributed by atoms with Gasteiger partial charge >= 0.3 is 0 Å². The van der Waals surface area contributed by atoms with Crippen LogP contribution in [0, 0.1) is 0 Å². The normalized spacial score (nSPS) is 12.8. The number of carbonyl (C=O) groups excluding carboxylic acids is 3. The maximum atomic E-state index is 12.3. The van der Waals surface area contributed by atoms with Crippen molar-refractivity contribution in [1.29, 1.82) is 0 Å². The molecule has 3 aromatic rings. The number of piperazine rings is 1. The molecule has 0 saturated carbocycles. The lowest BCUT2D eigenvalue weighted by Crippen LogP contribution is -2.48. The standard InChI is InChI=1S/C28H31ClN8O4/c1-5-25(39)32-21-14-22(24(41-4)15-23(21)37-12-10-36(11-13-37)17(2)38)34-28-31-16-19(29)26(35-28)33-20-9-7-6-8-18(20)27(40)30-3/h5-9,14-16H,1,10-13H2,2-4H3,(H,30,40)(H,32,39)(H2,31,33,34,35). The first-order chi connectivity index (χ1) is 19.7. The number of methoxy groups -OCH3 is 1. The van der Waals surface area contributed by atoms with Gasteiger partial charge in [-0.05, 0) is 24.3 Å². The van der Waals surface area contributed by atoms with E-state index in [0.29, 0.717) is 54.6 Å². The molecule has 0 aliphatic carbocycles. The maximum Gasteiger partial charge on any atom is 0.253 e. The number of rotatable bonds is 9. The van der Waals surface area contributed by atoms with E-state index in [-0.39, 0.29) is 34.5 Å². The van der Waals surface area contributed by atoms with Crippen LogP contribution in [0.4, 0.5) is 34.5 Å². The van der Waals surface area contributed by atoms with Crippen molar-refractivity contribution in [1.82, 2.24) is 20.2 Å². The molecule has 3 amide bonds. The zero-order chi connectivity index (χ0) is 29.5. The molecule has 2 heterocycles. The average molecular weight is 579 g/mol. The highest BCUT2D eigenvalue weighted by Crippen LogP contribution is 2.39. The third-order valence-electron chi connectivity index (χ3n) is 6.47. The topological polar surface area (TPSA) is 141 Å². The number of hydrogen-bond donors (Lipinski definition) is 4. The minimum absolute atomic E-state index is 0.0240. The molecule has 0 radical (unpaired) electrons. The summed E-state index contributed by atoms with van der Waals surface area (Å²) < 4.78 is 5.67. The van der Waals surface area contributed by atoms with Crippen LogP contribution >= 0.6 is 11.6 Å². The quantitative estimate of drug-likeness (QED) is 0.279. The van der Waals surface area contributed by atoms with Crippen LogP contribution < -0.4 is 30.9 Å². The number of para-hydroxylation sites is 1. The fraction of sp³-hybridized carbons (Fsp3) is 0.250.